The number of amidine groups is 1. The number of nitrogens with two attached hydrogens (primary N) is 1. The molecular formula is C18H17BrF4N4O. The quantitative estimate of drug-likeness (QED) is 0.531. The van der Waals surface area contributed by atoms with E-state index in [1.54, 1.807) is 17.2 Å². The zero-order valence-corrected chi connectivity index (χ0v) is 16.5. The highest BCUT2D eigenvalue weighted by atomic mass is 79.9. The molecule has 2 atom stereocenters. The summed E-state index contributed by atoms with van der Waals surface area (Å²) in [6.07, 6.45) is -1.54. The standard InChI is InChI=1S/C18H17BrF4N4O/c1-8-6-27-7-10(19)3-13(16(27)25-8)17(28)26-9(2)12-4-11(24)5-14(15(12)20)18(21,22)23/h3-5,7-9H,6,24H2,1-2H3,(H,26,28)/t8-,9-/m1/s1. The number of carbonyl (C=O) groups is 1. The first-order valence-corrected chi connectivity index (χ1v) is 9.17. The van der Waals surface area contributed by atoms with E-state index in [-0.39, 0.29) is 22.9 Å². The molecule has 3 N–H and O–H groups in total. The molecule has 2 heterocycles. The van der Waals surface area contributed by atoms with Gasteiger partial charge in [-0.3, -0.25) is 9.79 Å². The van der Waals surface area contributed by atoms with Crippen LogP contribution < -0.4 is 11.1 Å². The molecule has 5 nitrogen and oxygen atoms in total. The van der Waals surface area contributed by atoms with Crippen LogP contribution in [0.15, 0.2) is 39.5 Å². The molecule has 1 amide bonds. The second-order valence-electron chi connectivity index (χ2n) is 6.69. The van der Waals surface area contributed by atoms with Crippen molar-refractivity contribution in [2.45, 2.75) is 32.1 Å². The van der Waals surface area contributed by atoms with Crippen LogP contribution in [0.25, 0.3) is 0 Å². The fraction of sp³-hybridized carbons (Fsp3) is 0.333. The largest absolute Gasteiger partial charge is 0.419 e. The molecule has 0 bridgehead atoms. The maximum atomic E-state index is 14.4. The normalized spacial score (nSPS) is 20.2. The number of nitrogens with zero attached hydrogens (tertiary/aromatic N) is 2. The molecule has 2 aliphatic heterocycles. The number of halogens is 5. The summed E-state index contributed by atoms with van der Waals surface area (Å²) in [6, 6.07) is 0.558. The van der Waals surface area contributed by atoms with Crippen molar-refractivity contribution >= 4 is 33.4 Å². The zero-order valence-electron chi connectivity index (χ0n) is 14.9. The van der Waals surface area contributed by atoms with Crippen LogP contribution in [0.1, 0.15) is 31.0 Å². The summed E-state index contributed by atoms with van der Waals surface area (Å²) in [6.45, 7) is 3.89. The Morgan fingerprint density at radius 3 is 2.75 bits per heavy atom. The number of aliphatic imine (C=N–C) groups is 1. The third-order valence-corrected chi connectivity index (χ3v) is 4.80. The minimum atomic E-state index is -4.89. The molecule has 0 aromatic heterocycles. The van der Waals surface area contributed by atoms with Gasteiger partial charge in [0.15, 0.2) is 0 Å². The first-order chi connectivity index (χ1) is 13.0. The van der Waals surface area contributed by atoms with E-state index in [1.807, 2.05) is 6.92 Å². The van der Waals surface area contributed by atoms with Crippen LogP contribution in [0.5, 0.6) is 0 Å². The number of nitrogens with one attached hydrogen (secondary N) is 1. The smallest absolute Gasteiger partial charge is 0.399 e. The summed E-state index contributed by atoms with van der Waals surface area (Å²) in [5, 5.41) is 2.53. The molecule has 1 aromatic carbocycles. The fourth-order valence-corrected chi connectivity index (χ4v) is 3.61. The summed E-state index contributed by atoms with van der Waals surface area (Å²) >= 11 is 3.32. The van der Waals surface area contributed by atoms with Gasteiger partial charge < -0.3 is 16.0 Å². The minimum Gasteiger partial charge on any atom is -0.399 e. The van der Waals surface area contributed by atoms with E-state index in [4.69, 9.17) is 5.73 Å². The van der Waals surface area contributed by atoms with Crippen LogP contribution in [0.3, 0.4) is 0 Å². The van der Waals surface area contributed by atoms with Gasteiger partial charge in [-0.05, 0) is 48.0 Å². The number of hydrogen-bond acceptors (Lipinski definition) is 4. The number of allylic oxidation sites excluding steroid dienone is 2. The van der Waals surface area contributed by atoms with Crippen molar-refractivity contribution in [1.82, 2.24) is 10.2 Å². The van der Waals surface area contributed by atoms with E-state index in [9.17, 15) is 22.4 Å². The van der Waals surface area contributed by atoms with Gasteiger partial charge in [-0.2, -0.15) is 13.2 Å². The molecule has 0 fully saturated rings. The minimum absolute atomic E-state index is 0.0148. The molecule has 2 aliphatic rings. The number of alkyl halides is 3. The van der Waals surface area contributed by atoms with Crippen LogP contribution in [0.2, 0.25) is 0 Å². The van der Waals surface area contributed by atoms with Crippen molar-refractivity contribution in [3.8, 4) is 0 Å². The summed E-state index contributed by atoms with van der Waals surface area (Å²) in [5.41, 5.74) is 3.70. The Balaban J connectivity index is 1.89. The van der Waals surface area contributed by atoms with Gasteiger partial charge in [0.2, 0.25) is 0 Å². The highest BCUT2D eigenvalue weighted by molar-refractivity contribution is 9.11. The van der Waals surface area contributed by atoms with Crippen LogP contribution in [0, 0.1) is 5.82 Å². The van der Waals surface area contributed by atoms with Crippen LogP contribution in [-0.2, 0) is 11.0 Å². The van der Waals surface area contributed by atoms with Gasteiger partial charge in [0.1, 0.15) is 11.7 Å². The number of rotatable bonds is 3. The van der Waals surface area contributed by atoms with Gasteiger partial charge in [0.25, 0.3) is 5.91 Å². The number of anilines is 1. The van der Waals surface area contributed by atoms with Crippen molar-refractivity contribution in [2.75, 3.05) is 12.3 Å². The van der Waals surface area contributed by atoms with E-state index in [2.05, 4.69) is 26.2 Å². The van der Waals surface area contributed by atoms with Crippen LogP contribution in [-0.4, -0.2) is 29.2 Å². The van der Waals surface area contributed by atoms with Crippen molar-refractivity contribution in [3.63, 3.8) is 0 Å². The first-order valence-electron chi connectivity index (χ1n) is 8.38. The van der Waals surface area contributed by atoms with E-state index < -0.39 is 29.5 Å². The van der Waals surface area contributed by atoms with E-state index in [0.717, 1.165) is 6.07 Å². The molecule has 0 aliphatic carbocycles. The molecular weight excluding hydrogens is 444 g/mol. The van der Waals surface area contributed by atoms with Crippen molar-refractivity contribution < 1.29 is 22.4 Å². The molecule has 0 unspecified atom stereocenters. The molecule has 0 saturated heterocycles. The summed E-state index contributed by atoms with van der Waals surface area (Å²) in [4.78, 5) is 19.0. The zero-order chi connectivity index (χ0) is 20.8. The Hall–Kier alpha value is -2.36. The van der Waals surface area contributed by atoms with Gasteiger partial charge in [-0.1, -0.05) is 0 Å². The first kappa shape index (κ1) is 20.4. The van der Waals surface area contributed by atoms with Gasteiger partial charge >= 0.3 is 6.18 Å². The Morgan fingerprint density at radius 2 is 2.11 bits per heavy atom. The fourth-order valence-electron chi connectivity index (χ4n) is 3.13. The molecule has 28 heavy (non-hydrogen) atoms. The van der Waals surface area contributed by atoms with E-state index in [1.165, 1.54) is 6.92 Å². The van der Waals surface area contributed by atoms with Gasteiger partial charge in [-0.25, -0.2) is 4.39 Å². The second-order valence-corrected chi connectivity index (χ2v) is 7.61. The lowest BCUT2D eigenvalue weighted by Gasteiger charge is -2.24. The van der Waals surface area contributed by atoms with Gasteiger partial charge in [0.05, 0.1) is 23.2 Å². The average molecular weight is 461 g/mol. The molecule has 10 heteroatoms. The lowest BCUT2D eigenvalue weighted by Crippen LogP contribution is -2.37. The predicted molar refractivity (Wildman–Crippen MR) is 101 cm³/mol. The highest BCUT2D eigenvalue weighted by Crippen LogP contribution is 2.36. The number of fused-ring (bicyclic) bond motifs is 1. The number of amides is 1. The van der Waals surface area contributed by atoms with Crippen molar-refractivity contribution in [3.05, 3.63) is 51.4 Å². The third-order valence-electron chi connectivity index (χ3n) is 4.37. The summed E-state index contributed by atoms with van der Waals surface area (Å²) in [7, 11) is 0. The maximum absolute atomic E-state index is 14.4. The summed E-state index contributed by atoms with van der Waals surface area (Å²) < 4.78 is 54.2. The van der Waals surface area contributed by atoms with Crippen LogP contribution >= 0.6 is 15.9 Å². The number of hydrogen-bond donors (Lipinski definition) is 2. The van der Waals surface area contributed by atoms with E-state index >= 15 is 0 Å². The van der Waals surface area contributed by atoms with Crippen molar-refractivity contribution in [2.24, 2.45) is 4.99 Å². The molecule has 150 valence electrons. The second kappa shape index (κ2) is 7.23. The van der Waals surface area contributed by atoms with Crippen LogP contribution in [0.4, 0.5) is 23.2 Å². The molecule has 0 radical (unpaired) electrons. The molecule has 0 spiro atoms. The molecule has 3 rings (SSSR count). The van der Waals surface area contributed by atoms with Gasteiger partial charge in [0, 0.05) is 28.5 Å². The average Bonchev–Trinajstić information content (AvgIpc) is 2.94. The number of nitrogen functional groups attached to an aromatic ring is 1. The molecule has 0 saturated carbocycles. The SMILES string of the molecule is C[C@@H]1CN2C=C(Br)C=C(C(=O)N[C@H](C)c3cc(N)cc(C(F)(F)F)c3F)C2=N1. The van der Waals surface area contributed by atoms with E-state index in [0.29, 0.717) is 22.9 Å². The maximum Gasteiger partial charge on any atom is 0.419 e. The van der Waals surface area contributed by atoms with Crippen molar-refractivity contribution in [1.29, 1.82) is 0 Å². The molecule has 1 aromatic rings. The Kier molecular flexibility index (Phi) is 5.26. The summed E-state index contributed by atoms with van der Waals surface area (Å²) in [5.74, 6) is -1.57. The predicted octanol–water partition coefficient (Wildman–Crippen LogP) is 3.88. The highest BCUT2D eigenvalue weighted by Gasteiger charge is 2.37. The number of benzene rings is 1. The lowest BCUT2D eigenvalue weighted by atomic mass is 10.0. The third kappa shape index (κ3) is 3.91. The Morgan fingerprint density at radius 1 is 1.43 bits per heavy atom. The topological polar surface area (TPSA) is 70.7 Å². The Bertz CT molecular complexity index is 923. The van der Waals surface area contributed by atoms with Gasteiger partial charge in [-0.15, -0.1) is 0 Å². The Labute approximate surface area is 167 Å². The monoisotopic (exact) mass is 460 g/mol. The lowest BCUT2D eigenvalue weighted by molar-refractivity contribution is -0.140. The number of carbonyl (C=O) groups excluding carboxylic acids is 1.